The van der Waals surface area contributed by atoms with E-state index in [1.54, 1.807) is 20.8 Å². The molecule has 7 heteroatoms. The number of nitrogens with zero attached hydrogens (tertiary/aromatic N) is 1. The van der Waals surface area contributed by atoms with Crippen LogP contribution in [0.1, 0.15) is 64.9 Å². The molecule has 0 bridgehead atoms. The Morgan fingerprint density at radius 1 is 1.23 bits per heavy atom. The SMILES string of the molecule is CC(C)(C)OC(=O)NC(C/C=C/CC1CCCCC(N)=N1)C(=O)OCc1ccccc1. The van der Waals surface area contributed by atoms with E-state index in [4.69, 9.17) is 15.2 Å². The van der Waals surface area contributed by atoms with Crippen LogP contribution in [-0.4, -0.2) is 35.6 Å². The predicted molar refractivity (Wildman–Crippen MR) is 122 cm³/mol. The number of carbonyl (C=O) groups is 2. The normalized spacial score (nSPS) is 18.0. The van der Waals surface area contributed by atoms with Gasteiger partial charge in [-0.2, -0.15) is 0 Å². The van der Waals surface area contributed by atoms with Crippen LogP contribution in [0, 0.1) is 0 Å². The maximum atomic E-state index is 12.6. The lowest BCUT2D eigenvalue weighted by molar-refractivity contribution is -0.147. The van der Waals surface area contributed by atoms with E-state index in [2.05, 4.69) is 10.3 Å². The van der Waals surface area contributed by atoms with Gasteiger partial charge in [0.05, 0.1) is 11.9 Å². The van der Waals surface area contributed by atoms with Crippen LogP contribution in [0.2, 0.25) is 0 Å². The Balaban J connectivity index is 1.94. The number of carbonyl (C=O) groups excluding carboxylic acids is 2. The smallest absolute Gasteiger partial charge is 0.408 e. The number of nitrogens with one attached hydrogen (secondary N) is 1. The number of amidine groups is 1. The Kier molecular flexibility index (Phi) is 9.56. The van der Waals surface area contributed by atoms with Crippen molar-refractivity contribution in [2.24, 2.45) is 10.7 Å². The van der Waals surface area contributed by atoms with E-state index in [1.807, 2.05) is 42.5 Å². The molecular formula is C24H35N3O4. The van der Waals surface area contributed by atoms with Crippen LogP contribution in [0.4, 0.5) is 4.79 Å². The molecule has 0 fully saturated rings. The lowest BCUT2D eigenvalue weighted by Crippen LogP contribution is -2.44. The third-order valence-electron chi connectivity index (χ3n) is 4.71. The second-order valence-electron chi connectivity index (χ2n) is 8.75. The summed E-state index contributed by atoms with van der Waals surface area (Å²) in [6, 6.07) is 8.74. The van der Waals surface area contributed by atoms with Gasteiger partial charge in [0.25, 0.3) is 0 Å². The first kappa shape index (κ1) is 24.4. The number of aliphatic imine (C=N–C) groups is 1. The average molecular weight is 430 g/mol. The highest BCUT2D eigenvalue weighted by Crippen LogP contribution is 2.16. The highest BCUT2D eigenvalue weighted by atomic mass is 16.6. The van der Waals surface area contributed by atoms with Crippen LogP contribution in [0.3, 0.4) is 0 Å². The Morgan fingerprint density at radius 2 is 1.97 bits per heavy atom. The van der Waals surface area contributed by atoms with Gasteiger partial charge in [-0.3, -0.25) is 4.99 Å². The largest absolute Gasteiger partial charge is 0.459 e. The highest BCUT2D eigenvalue weighted by Gasteiger charge is 2.24. The molecule has 2 rings (SSSR count). The minimum atomic E-state index is -0.836. The molecule has 31 heavy (non-hydrogen) atoms. The van der Waals surface area contributed by atoms with Gasteiger partial charge in [-0.15, -0.1) is 0 Å². The summed E-state index contributed by atoms with van der Waals surface area (Å²) in [4.78, 5) is 29.4. The number of rotatable bonds is 8. The van der Waals surface area contributed by atoms with Crippen LogP contribution in [0.5, 0.6) is 0 Å². The molecular weight excluding hydrogens is 394 g/mol. The Labute approximate surface area is 185 Å². The molecule has 0 spiro atoms. The molecule has 2 unspecified atom stereocenters. The zero-order valence-electron chi connectivity index (χ0n) is 18.8. The van der Waals surface area contributed by atoms with Gasteiger partial charge in [0, 0.05) is 6.42 Å². The molecule has 0 radical (unpaired) electrons. The first-order valence-electron chi connectivity index (χ1n) is 10.9. The number of hydrogen-bond donors (Lipinski definition) is 2. The maximum Gasteiger partial charge on any atom is 0.408 e. The second-order valence-corrected chi connectivity index (χ2v) is 8.75. The molecule has 0 saturated carbocycles. The van der Waals surface area contributed by atoms with Gasteiger partial charge < -0.3 is 20.5 Å². The quantitative estimate of drug-likeness (QED) is 0.475. The van der Waals surface area contributed by atoms with Crippen molar-refractivity contribution in [2.75, 3.05) is 0 Å². The molecule has 3 N–H and O–H groups in total. The zero-order valence-corrected chi connectivity index (χ0v) is 18.8. The van der Waals surface area contributed by atoms with Crippen LogP contribution < -0.4 is 11.1 Å². The number of amides is 1. The van der Waals surface area contributed by atoms with Gasteiger partial charge in [0.15, 0.2) is 0 Å². The fourth-order valence-electron chi connectivity index (χ4n) is 3.20. The molecule has 7 nitrogen and oxygen atoms in total. The van der Waals surface area contributed by atoms with Crippen molar-refractivity contribution in [1.82, 2.24) is 5.32 Å². The Hall–Kier alpha value is -2.83. The van der Waals surface area contributed by atoms with Crippen LogP contribution in [-0.2, 0) is 20.9 Å². The average Bonchev–Trinajstić information content (AvgIpc) is 2.91. The topological polar surface area (TPSA) is 103 Å². The van der Waals surface area contributed by atoms with Crippen LogP contribution in [0.15, 0.2) is 47.5 Å². The van der Waals surface area contributed by atoms with Gasteiger partial charge in [-0.05, 0) is 52.0 Å². The molecule has 1 aliphatic heterocycles. The predicted octanol–water partition coefficient (Wildman–Crippen LogP) is 4.26. The number of alkyl carbamates (subject to hydrolysis) is 1. The van der Waals surface area contributed by atoms with Gasteiger partial charge in [0.1, 0.15) is 18.2 Å². The van der Waals surface area contributed by atoms with Crippen molar-refractivity contribution in [2.45, 2.75) is 83.6 Å². The fourth-order valence-corrected chi connectivity index (χ4v) is 3.20. The Bertz CT molecular complexity index is 769. The lowest BCUT2D eigenvalue weighted by atomic mass is 10.1. The van der Waals surface area contributed by atoms with E-state index < -0.39 is 23.7 Å². The zero-order chi connectivity index (χ0) is 22.7. The molecule has 0 aromatic heterocycles. The fraction of sp³-hybridized carbons (Fsp3) is 0.542. The maximum absolute atomic E-state index is 12.6. The van der Waals surface area contributed by atoms with E-state index in [0.717, 1.165) is 37.7 Å². The van der Waals surface area contributed by atoms with Gasteiger partial charge in [-0.25, -0.2) is 9.59 Å². The third-order valence-corrected chi connectivity index (χ3v) is 4.71. The van der Waals surface area contributed by atoms with Crippen molar-refractivity contribution in [3.63, 3.8) is 0 Å². The number of esters is 1. The summed E-state index contributed by atoms with van der Waals surface area (Å²) in [7, 11) is 0. The monoisotopic (exact) mass is 429 g/mol. The summed E-state index contributed by atoms with van der Waals surface area (Å²) in [6.45, 7) is 5.46. The first-order valence-corrected chi connectivity index (χ1v) is 10.9. The molecule has 1 aromatic rings. The van der Waals surface area contributed by atoms with Crippen molar-refractivity contribution >= 4 is 17.9 Å². The minimum absolute atomic E-state index is 0.145. The molecule has 1 amide bonds. The molecule has 1 aliphatic rings. The van der Waals surface area contributed by atoms with Gasteiger partial charge in [0.2, 0.25) is 0 Å². The molecule has 1 heterocycles. The third kappa shape index (κ3) is 10.2. The van der Waals surface area contributed by atoms with E-state index in [9.17, 15) is 9.59 Å². The summed E-state index contributed by atoms with van der Waals surface area (Å²) in [6.07, 6.45) is 8.31. The van der Waals surface area contributed by atoms with E-state index >= 15 is 0 Å². The first-order chi connectivity index (χ1) is 14.7. The van der Waals surface area contributed by atoms with Crippen LogP contribution in [0.25, 0.3) is 0 Å². The molecule has 0 saturated heterocycles. The van der Waals surface area contributed by atoms with Gasteiger partial charge in [-0.1, -0.05) is 48.9 Å². The number of hydrogen-bond acceptors (Lipinski definition) is 6. The minimum Gasteiger partial charge on any atom is -0.459 e. The summed E-state index contributed by atoms with van der Waals surface area (Å²) in [5, 5.41) is 2.63. The molecule has 170 valence electrons. The van der Waals surface area contributed by atoms with E-state index in [0.29, 0.717) is 12.3 Å². The molecule has 2 atom stereocenters. The van der Waals surface area contributed by atoms with Crippen molar-refractivity contribution in [1.29, 1.82) is 0 Å². The van der Waals surface area contributed by atoms with E-state index in [-0.39, 0.29) is 12.6 Å². The highest BCUT2D eigenvalue weighted by molar-refractivity contribution is 5.81. The number of benzene rings is 1. The summed E-state index contributed by atoms with van der Waals surface area (Å²) >= 11 is 0. The molecule has 1 aromatic carbocycles. The standard InChI is InChI=1S/C24H35N3O4/c1-24(2,3)31-23(29)27-20(22(28)30-17-18-11-5-4-6-12-18)15-9-7-13-19-14-8-10-16-21(25)26-19/h4-7,9,11-12,19-20H,8,10,13-17H2,1-3H3,(H2,25,26)(H,27,29)/b9-7+. The number of ether oxygens (including phenoxy) is 2. The Morgan fingerprint density at radius 3 is 2.68 bits per heavy atom. The second kappa shape index (κ2) is 12.1. The van der Waals surface area contributed by atoms with Gasteiger partial charge >= 0.3 is 12.1 Å². The van der Waals surface area contributed by atoms with E-state index in [1.165, 1.54) is 0 Å². The van der Waals surface area contributed by atoms with Crippen molar-refractivity contribution in [3.8, 4) is 0 Å². The summed E-state index contributed by atoms with van der Waals surface area (Å²) < 4.78 is 10.7. The number of nitrogens with two attached hydrogens (primary N) is 1. The molecule has 0 aliphatic carbocycles. The summed E-state index contributed by atoms with van der Waals surface area (Å²) in [5.41, 5.74) is 6.13. The van der Waals surface area contributed by atoms with Crippen molar-refractivity contribution < 1.29 is 19.1 Å². The van der Waals surface area contributed by atoms with Crippen LogP contribution >= 0.6 is 0 Å². The van der Waals surface area contributed by atoms with Crippen molar-refractivity contribution in [3.05, 3.63) is 48.0 Å². The summed E-state index contributed by atoms with van der Waals surface area (Å²) in [5.74, 6) is 0.209. The lowest BCUT2D eigenvalue weighted by Gasteiger charge is -2.22.